The van der Waals surface area contributed by atoms with Crippen molar-refractivity contribution in [1.82, 2.24) is 14.8 Å². The van der Waals surface area contributed by atoms with Crippen molar-refractivity contribution in [2.24, 2.45) is 0 Å². The van der Waals surface area contributed by atoms with E-state index in [1.165, 1.54) is 23.9 Å². The normalized spacial score (nSPS) is 10.7. The van der Waals surface area contributed by atoms with E-state index in [4.69, 9.17) is 11.6 Å². The number of nitrogens with one attached hydrogen (secondary N) is 1. The summed E-state index contributed by atoms with van der Waals surface area (Å²) in [6.45, 7) is 2.20. The van der Waals surface area contributed by atoms with Gasteiger partial charge in [-0.15, -0.1) is 5.10 Å². The molecule has 0 aliphatic rings. The van der Waals surface area contributed by atoms with Gasteiger partial charge in [0.2, 0.25) is 11.2 Å². The Kier molecular flexibility index (Phi) is 5.90. The summed E-state index contributed by atoms with van der Waals surface area (Å²) in [4.78, 5) is 16.8. The lowest BCUT2D eigenvalue weighted by molar-refractivity contribution is -0.115. The maximum Gasteiger partial charge on any atom is 0.243 e. The van der Waals surface area contributed by atoms with Crippen molar-refractivity contribution in [3.05, 3.63) is 65.2 Å². The average Bonchev–Trinajstić information content (AvgIpc) is 2.97. The van der Waals surface area contributed by atoms with Crippen LogP contribution in [0, 0.1) is 5.82 Å². The van der Waals surface area contributed by atoms with E-state index in [0.717, 1.165) is 10.5 Å². The number of para-hydroxylation sites is 1. The van der Waals surface area contributed by atoms with Gasteiger partial charge in [0, 0.05) is 11.3 Å². The van der Waals surface area contributed by atoms with E-state index in [1.54, 1.807) is 23.7 Å². The molecule has 0 radical (unpaired) electrons. The highest BCUT2D eigenvalue weighted by Gasteiger charge is 2.14. The Bertz CT molecular complexity index is 914. The SMILES string of the molecule is CCC(=O)Nc1ccccc1Sc1nc(Cl)nn1Cc1ccc(F)cc1. The molecule has 5 nitrogen and oxygen atoms in total. The molecule has 0 spiro atoms. The van der Waals surface area contributed by atoms with Crippen molar-refractivity contribution in [3.63, 3.8) is 0 Å². The van der Waals surface area contributed by atoms with Gasteiger partial charge in [0.25, 0.3) is 0 Å². The molecule has 1 aromatic heterocycles. The average molecular weight is 391 g/mol. The minimum absolute atomic E-state index is 0.0659. The first-order valence-corrected chi connectivity index (χ1v) is 9.16. The van der Waals surface area contributed by atoms with E-state index in [9.17, 15) is 9.18 Å². The fourth-order valence-corrected chi connectivity index (χ4v) is 3.38. The van der Waals surface area contributed by atoms with Crippen molar-refractivity contribution in [1.29, 1.82) is 0 Å². The van der Waals surface area contributed by atoms with Crippen LogP contribution >= 0.6 is 23.4 Å². The van der Waals surface area contributed by atoms with E-state index in [1.807, 2.05) is 24.3 Å². The zero-order chi connectivity index (χ0) is 18.5. The van der Waals surface area contributed by atoms with Gasteiger partial charge >= 0.3 is 0 Å². The number of carbonyl (C=O) groups is 1. The molecule has 0 aliphatic carbocycles. The fourth-order valence-electron chi connectivity index (χ4n) is 2.24. The van der Waals surface area contributed by atoms with Crippen LogP contribution in [-0.2, 0) is 11.3 Å². The summed E-state index contributed by atoms with van der Waals surface area (Å²) in [5.74, 6) is -0.357. The third-order valence-electron chi connectivity index (χ3n) is 3.54. The van der Waals surface area contributed by atoms with Gasteiger partial charge in [-0.1, -0.05) is 31.2 Å². The zero-order valence-electron chi connectivity index (χ0n) is 13.9. The quantitative estimate of drug-likeness (QED) is 0.667. The van der Waals surface area contributed by atoms with Gasteiger partial charge in [-0.2, -0.15) is 4.98 Å². The lowest BCUT2D eigenvalue weighted by atomic mass is 10.2. The van der Waals surface area contributed by atoms with Gasteiger partial charge in [-0.05, 0) is 53.2 Å². The van der Waals surface area contributed by atoms with E-state index in [-0.39, 0.29) is 17.0 Å². The highest BCUT2D eigenvalue weighted by molar-refractivity contribution is 7.99. The van der Waals surface area contributed by atoms with Crippen molar-refractivity contribution < 1.29 is 9.18 Å². The van der Waals surface area contributed by atoms with Crippen molar-refractivity contribution in [3.8, 4) is 0 Å². The molecule has 134 valence electrons. The van der Waals surface area contributed by atoms with Crippen LogP contribution in [0.1, 0.15) is 18.9 Å². The molecule has 0 fully saturated rings. The lowest BCUT2D eigenvalue weighted by Gasteiger charge is -2.10. The molecule has 8 heteroatoms. The van der Waals surface area contributed by atoms with Gasteiger partial charge in [-0.3, -0.25) is 4.79 Å². The second-order valence-electron chi connectivity index (χ2n) is 5.45. The number of benzene rings is 2. The zero-order valence-corrected chi connectivity index (χ0v) is 15.5. The second kappa shape index (κ2) is 8.33. The number of anilines is 1. The number of halogens is 2. The van der Waals surface area contributed by atoms with Crippen molar-refractivity contribution in [2.45, 2.75) is 29.9 Å². The Hall–Kier alpha value is -2.38. The predicted molar refractivity (Wildman–Crippen MR) is 100 cm³/mol. The van der Waals surface area contributed by atoms with Gasteiger partial charge < -0.3 is 5.32 Å². The Balaban J connectivity index is 1.85. The highest BCUT2D eigenvalue weighted by Crippen LogP contribution is 2.33. The first-order chi connectivity index (χ1) is 12.5. The molecule has 0 atom stereocenters. The maximum atomic E-state index is 13.1. The van der Waals surface area contributed by atoms with Crippen LogP contribution in [-0.4, -0.2) is 20.7 Å². The minimum atomic E-state index is -0.291. The number of hydrogen-bond donors (Lipinski definition) is 1. The number of rotatable bonds is 6. The first kappa shape index (κ1) is 18.4. The van der Waals surface area contributed by atoms with E-state index >= 15 is 0 Å². The van der Waals surface area contributed by atoms with E-state index < -0.39 is 0 Å². The lowest BCUT2D eigenvalue weighted by Crippen LogP contribution is -2.10. The third kappa shape index (κ3) is 4.62. The molecule has 1 amide bonds. The largest absolute Gasteiger partial charge is 0.325 e. The number of nitrogens with zero attached hydrogens (tertiary/aromatic N) is 3. The van der Waals surface area contributed by atoms with Crippen LogP contribution in [0.15, 0.2) is 58.6 Å². The molecule has 2 aromatic carbocycles. The maximum absolute atomic E-state index is 13.1. The van der Waals surface area contributed by atoms with Crippen LogP contribution in [0.3, 0.4) is 0 Å². The summed E-state index contributed by atoms with van der Waals surface area (Å²) >= 11 is 7.34. The summed E-state index contributed by atoms with van der Waals surface area (Å²) in [5.41, 5.74) is 1.58. The molecule has 0 unspecified atom stereocenters. The van der Waals surface area contributed by atoms with Crippen LogP contribution in [0.4, 0.5) is 10.1 Å². The Morgan fingerprint density at radius 2 is 1.96 bits per heavy atom. The molecule has 0 bridgehead atoms. The summed E-state index contributed by atoms with van der Waals surface area (Å²) in [5, 5.41) is 7.78. The van der Waals surface area contributed by atoms with Gasteiger partial charge in [0.15, 0.2) is 5.16 Å². The number of aromatic nitrogens is 3. The van der Waals surface area contributed by atoms with Gasteiger partial charge in [0.1, 0.15) is 5.82 Å². The number of amides is 1. The molecule has 1 heterocycles. The van der Waals surface area contributed by atoms with Crippen LogP contribution < -0.4 is 5.32 Å². The van der Waals surface area contributed by atoms with E-state index in [0.29, 0.717) is 23.8 Å². The molecule has 0 saturated carbocycles. The van der Waals surface area contributed by atoms with E-state index in [2.05, 4.69) is 15.4 Å². The Morgan fingerprint density at radius 3 is 2.69 bits per heavy atom. The molecule has 3 aromatic rings. The van der Waals surface area contributed by atoms with Crippen molar-refractivity contribution >= 4 is 35.0 Å². The van der Waals surface area contributed by atoms with Crippen molar-refractivity contribution in [2.75, 3.05) is 5.32 Å². The Morgan fingerprint density at radius 1 is 1.23 bits per heavy atom. The highest BCUT2D eigenvalue weighted by atomic mass is 35.5. The molecule has 1 N–H and O–H groups in total. The molecular weight excluding hydrogens is 375 g/mol. The Labute approximate surface area is 159 Å². The van der Waals surface area contributed by atoms with Gasteiger partial charge in [-0.25, -0.2) is 9.07 Å². The topological polar surface area (TPSA) is 59.8 Å². The van der Waals surface area contributed by atoms with Crippen LogP contribution in [0.2, 0.25) is 5.28 Å². The standard InChI is InChI=1S/C18H16ClFN4OS/c1-2-16(25)21-14-5-3-4-6-15(14)26-18-22-17(19)23-24(18)11-12-7-9-13(20)10-8-12/h3-10H,2,11H2,1H3,(H,21,25). The van der Waals surface area contributed by atoms with Gasteiger partial charge in [0.05, 0.1) is 12.2 Å². The molecular formula is C18H16ClFN4OS. The molecule has 0 saturated heterocycles. The minimum Gasteiger partial charge on any atom is -0.325 e. The first-order valence-electron chi connectivity index (χ1n) is 7.96. The monoisotopic (exact) mass is 390 g/mol. The summed E-state index contributed by atoms with van der Waals surface area (Å²) in [6.07, 6.45) is 0.394. The van der Waals surface area contributed by atoms with Crippen LogP contribution in [0.5, 0.6) is 0 Å². The summed E-state index contributed by atoms with van der Waals surface area (Å²) in [6, 6.07) is 13.6. The summed E-state index contributed by atoms with van der Waals surface area (Å²) < 4.78 is 14.7. The predicted octanol–water partition coefficient (Wildman–Crippen LogP) is 4.62. The third-order valence-corrected chi connectivity index (χ3v) is 4.76. The number of carbonyl (C=O) groups excluding carboxylic acids is 1. The summed E-state index contributed by atoms with van der Waals surface area (Å²) in [7, 11) is 0. The number of hydrogen-bond acceptors (Lipinski definition) is 4. The molecule has 26 heavy (non-hydrogen) atoms. The second-order valence-corrected chi connectivity index (χ2v) is 6.79. The van der Waals surface area contributed by atoms with Crippen LogP contribution in [0.25, 0.3) is 0 Å². The molecule has 3 rings (SSSR count). The molecule has 0 aliphatic heterocycles. The fraction of sp³-hybridized carbons (Fsp3) is 0.167. The smallest absolute Gasteiger partial charge is 0.243 e.